The fraction of sp³-hybridized carbons (Fsp3) is 0.900. The maximum atomic E-state index is 10.7. The Labute approximate surface area is 135 Å². The van der Waals surface area contributed by atoms with Crippen molar-refractivity contribution in [1.29, 1.82) is 0 Å². The predicted molar refractivity (Wildman–Crippen MR) is 88.0 cm³/mol. The zero-order valence-corrected chi connectivity index (χ0v) is 13.8. The van der Waals surface area contributed by atoms with E-state index >= 15 is 0 Å². The maximum Gasteiger partial charge on any atom is 0.188 e. The van der Waals surface area contributed by atoms with Crippen molar-refractivity contribution in [2.24, 2.45) is 35.0 Å². The quantitative estimate of drug-likeness (QED) is 0.591. The van der Waals surface area contributed by atoms with E-state index in [1.54, 1.807) is 0 Å². The van der Waals surface area contributed by atoms with Crippen LogP contribution in [-0.2, 0) is 0 Å². The van der Waals surface area contributed by atoms with Crippen LogP contribution in [-0.4, -0.2) is 16.0 Å². The van der Waals surface area contributed by atoms with Gasteiger partial charge in [0.25, 0.3) is 0 Å². The molecule has 4 fully saturated rings. The molecule has 0 spiro atoms. The monoisotopic (exact) mass is 304 g/mol. The van der Waals surface area contributed by atoms with E-state index in [1.807, 2.05) is 0 Å². The Hall–Kier alpha value is -0.340. The van der Waals surface area contributed by atoms with E-state index in [1.165, 1.54) is 63.9 Å². The predicted octanol–water partition coefficient (Wildman–Crippen LogP) is 4.27. The van der Waals surface area contributed by atoms with Gasteiger partial charge in [-0.25, -0.2) is 0 Å². The Bertz CT molecular complexity index is 443. The molecule has 124 valence electrons. The van der Waals surface area contributed by atoms with Crippen LogP contribution in [0.4, 0.5) is 0 Å². The first-order valence-electron chi connectivity index (χ1n) is 9.67. The minimum absolute atomic E-state index is 0.294. The van der Waals surface area contributed by atoms with Crippen LogP contribution < -0.4 is 0 Å². The van der Waals surface area contributed by atoms with E-state index in [9.17, 15) is 10.2 Å². The molecule has 0 bridgehead atoms. The third-order valence-electron chi connectivity index (χ3n) is 8.24. The third kappa shape index (κ3) is 1.99. The SMILES string of the molecule is C=CC(O)(O)[C@@]12CCC[C@H]1[C@@H]1CCC3CCCC[C@@H]3[C@H]1CC2. The van der Waals surface area contributed by atoms with Crippen molar-refractivity contribution in [2.75, 3.05) is 0 Å². The summed E-state index contributed by atoms with van der Waals surface area (Å²) in [6.07, 6.45) is 15.5. The molecule has 0 amide bonds. The van der Waals surface area contributed by atoms with E-state index in [0.29, 0.717) is 5.92 Å². The second-order valence-electron chi connectivity index (χ2n) is 8.74. The van der Waals surface area contributed by atoms with Gasteiger partial charge >= 0.3 is 0 Å². The summed E-state index contributed by atoms with van der Waals surface area (Å²) < 4.78 is 0. The lowest BCUT2D eigenvalue weighted by molar-refractivity contribution is -0.245. The lowest BCUT2D eigenvalue weighted by Gasteiger charge is -2.57. The van der Waals surface area contributed by atoms with Gasteiger partial charge in [-0.05, 0) is 80.6 Å². The maximum absolute atomic E-state index is 10.7. The van der Waals surface area contributed by atoms with E-state index in [4.69, 9.17) is 0 Å². The van der Waals surface area contributed by atoms with Gasteiger partial charge in [0, 0.05) is 5.41 Å². The number of aliphatic hydroxyl groups is 2. The Morgan fingerprint density at radius 3 is 2.45 bits per heavy atom. The highest BCUT2D eigenvalue weighted by Crippen LogP contribution is 2.65. The van der Waals surface area contributed by atoms with Gasteiger partial charge in [-0.3, -0.25) is 0 Å². The van der Waals surface area contributed by atoms with E-state index in [-0.39, 0.29) is 5.41 Å². The van der Waals surface area contributed by atoms with Crippen molar-refractivity contribution in [1.82, 2.24) is 0 Å². The van der Waals surface area contributed by atoms with Crippen LogP contribution in [0.15, 0.2) is 12.7 Å². The van der Waals surface area contributed by atoms with Crippen molar-refractivity contribution < 1.29 is 10.2 Å². The highest BCUT2D eigenvalue weighted by Gasteiger charge is 2.61. The van der Waals surface area contributed by atoms with Crippen molar-refractivity contribution >= 4 is 0 Å². The highest BCUT2D eigenvalue weighted by molar-refractivity contribution is 5.12. The van der Waals surface area contributed by atoms with Crippen LogP contribution in [0, 0.1) is 35.0 Å². The van der Waals surface area contributed by atoms with Crippen LogP contribution >= 0.6 is 0 Å². The Morgan fingerprint density at radius 2 is 1.64 bits per heavy atom. The number of rotatable bonds is 2. The zero-order valence-electron chi connectivity index (χ0n) is 13.8. The Balaban J connectivity index is 1.63. The van der Waals surface area contributed by atoms with Crippen LogP contribution in [0.1, 0.15) is 70.6 Å². The smallest absolute Gasteiger partial charge is 0.188 e. The third-order valence-corrected chi connectivity index (χ3v) is 8.24. The molecule has 4 aliphatic rings. The summed E-state index contributed by atoms with van der Waals surface area (Å²) in [5.41, 5.74) is -0.294. The number of fused-ring (bicyclic) bond motifs is 5. The van der Waals surface area contributed by atoms with Crippen molar-refractivity contribution in [2.45, 2.75) is 76.4 Å². The fourth-order valence-corrected chi connectivity index (χ4v) is 7.33. The molecule has 1 unspecified atom stereocenters. The van der Waals surface area contributed by atoms with Crippen molar-refractivity contribution in [3.63, 3.8) is 0 Å². The summed E-state index contributed by atoms with van der Waals surface area (Å²) in [6.45, 7) is 3.73. The second-order valence-corrected chi connectivity index (χ2v) is 8.74. The highest BCUT2D eigenvalue weighted by atomic mass is 16.5. The Kier molecular flexibility index (Phi) is 3.69. The number of hydrogen-bond donors (Lipinski definition) is 2. The molecule has 0 aromatic rings. The summed E-state index contributed by atoms with van der Waals surface area (Å²) in [5, 5.41) is 21.3. The summed E-state index contributed by atoms with van der Waals surface area (Å²) in [6, 6.07) is 0. The van der Waals surface area contributed by atoms with Gasteiger partial charge in [-0.15, -0.1) is 0 Å². The van der Waals surface area contributed by atoms with Crippen LogP contribution in [0.2, 0.25) is 0 Å². The summed E-state index contributed by atoms with van der Waals surface area (Å²) in [7, 11) is 0. The molecule has 0 aliphatic heterocycles. The molecule has 2 N–H and O–H groups in total. The van der Waals surface area contributed by atoms with E-state index in [2.05, 4.69) is 6.58 Å². The van der Waals surface area contributed by atoms with E-state index < -0.39 is 5.79 Å². The van der Waals surface area contributed by atoms with Crippen LogP contribution in [0.5, 0.6) is 0 Å². The van der Waals surface area contributed by atoms with Gasteiger partial charge in [-0.2, -0.15) is 0 Å². The molecule has 0 radical (unpaired) electrons. The lowest BCUT2D eigenvalue weighted by Crippen LogP contribution is -2.56. The first-order chi connectivity index (χ1) is 10.6. The minimum atomic E-state index is -1.66. The van der Waals surface area contributed by atoms with Gasteiger partial charge < -0.3 is 10.2 Å². The van der Waals surface area contributed by atoms with Gasteiger partial charge in [0.15, 0.2) is 5.79 Å². The first kappa shape index (κ1) is 15.2. The van der Waals surface area contributed by atoms with Crippen LogP contribution in [0.3, 0.4) is 0 Å². The largest absolute Gasteiger partial charge is 0.362 e. The van der Waals surface area contributed by atoms with Crippen molar-refractivity contribution in [3.8, 4) is 0 Å². The summed E-state index contributed by atoms with van der Waals surface area (Å²) in [5.74, 6) is 2.40. The van der Waals surface area contributed by atoms with Crippen LogP contribution in [0.25, 0.3) is 0 Å². The fourth-order valence-electron chi connectivity index (χ4n) is 7.33. The molecule has 6 atom stereocenters. The molecule has 2 heteroatoms. The second kappa shape index (κ2) is 5.34. The topological polar surface area (TPSA) is 40.5 Å². The molecule has 4 saturated carbocycles. The van der Waals surface area contributed by atoms with Crippen molar-refractivity contribution in [3.05, 3.63) is 12.7 Å². The molecule has 22 heavy (non-hydrogen) atoms. The summed E-state index contributed by atoms with van der Waals surface area (Å²) in [4.78, 5) is 0. The lowest BCUT2D eigenvalue weighted by atomic mass is 9.49. The molecule has 2 nitrogen and oxygen atoms in total. The molecule has 0 saturated heterocycles. The molecule has 0 aromatic heterocycles. The molecular formula is C20H32O2. The average molecular weight is 304 g/mol. The Morgan fingerprint density at radius 1 is 0.818 bits per heavy atom. The first-order valence-corrected chi connectivity index (χ1v) is 9.67. The number of hydrogen-bond acceptors (Lipinski definition) is 2. The minimum Gasteiger partial charge on any atom is -0.362 e. The summed E-state index contributed by atoms with van der Waals surface area (Å²) >= 11 is 0. The molecule has 4 aliphatic carbocycles. The van der Waals surface area contributed by atoms with Gasteiger partial charge in [0.2, 0.25) is 0 Å². The standard InChI is InChI=1S/C20H32O2/c1-2-20(21,22)19-12-5-8-18(19)17-10-9-14-6-3-4-7-15(14)16(17)11-13-19/h2,14-18,21-22H,1,3-13H2/t14?,15-,16+,17+,18-,19+/m0/s1. The zero-order chi connectivity index (χ0) is 15.4. The van der Waals surface area contributed by atoms with Gasteiger partial charge in [0.1, 0.15) is 0 Å². The average Bonchev–Trinajstić information content (AvgIpc) is 3.00. The molecule has 0 aromatic carbocycles. The molecule has 4 rings (SSSR count). The van der Waals surface area contributed by atoms with Gasteiger partial charge in [0.05, 0.1) is 0 Å². The van der Waals surface area contributed by atoms with E-state index in [0.717, 1.165) is 36.5 Å². The normalized spacial score (nSPS) is 48.2. The van der Waals surface area contributed by atoms with Gasteiger partial charge in [-0.1, -0.05) is 32.3 Å². The molecule has 0 heterocycles. The molecular weight excluding hydrogens is 272 g/mol.